The zero-order valence-electron chi connectivity index (χ0n) is 17.1. The molecule has 3 N–H and O–H groups in total. The number of nitrogens with two attached hydrogens (primary N) is 1. The Labute approximate surface area is 182 Å². The summed E-state index contributed by atoms with van der Waals surface area (Å²) in [6, 6.07) is 23.6. The van der Waals surface area contributed by atoms with Gasteiger partial charge in [0, 0.05) is 16.8 Å². The van der Waals surface area contributed by atoms with Gasteiger partial charge in [-0.3, -0.25) is 4.79 Å². The highest BCUT2D eigenvalue weighted by molar-refractivity contribution is 6.32. The predicted octanol–water partition coefficient (Wildman–Crippen LogP) is 4.19. The average Bonchev–Trinajstić information content (AvgIpc) is 2.77. The van der Waals surface area contributed by atoms with Crippen LogP contribution in [-0.4, -0.2) is 19.6 Å². The molecule has 0 aliphatic rings. The molecule has 0 heterocycles. The van der Waals surface area contributed by atoms with E-state index in [2.05, 4.69) is 29.7 Å². The molecule has 0 spiro atoms. The highest BCUT2D eigenvalue weighted by Gasteiger charge is 2.16. The quantitative estimate of drug-likeness (QED) is 0.540. The molecule has 0 radical (unpaired) electrons. The predicted molar refractivity (Wildman–Crippen MR) is 119 cm³/mol. The van der Waals surface area contributed by atoms with E-state index >= 15 is 0 Å². The van der Waals surface area contributed by atoms with Crippen molar-refractivity contribution in [2.24, 2.45) is 0 Å². The first-order valence-corrected chi connectivity index (χ1v) is 10.2. The van der Waals surface area contributed by atoms with Gasteiger partial charge in [-0.2, -0.15) is 0 Å². The number of quaternary nitrogens is 1. The molecule has 3 aromatic rings. The van der Waals surface area contributed by atoms with Gasteiger partial charge in [-0.25, -0.2) is 0 Å². The third-order valence-corrected chi connectivity index (χ3v) is 5.01. The lowest BCUT2D eigenvalue weighted by molar-refractivity contribution is -0.707. The second-order valence-corrected chi connectivity index (χ2v) is 7.36. The Kier molecular flexibility index (Phi) is 7.71. The number of nitrogens with one attached hydrogen (secondary N) is 1. The Morgan fingerprint density at radius 1 is 1.07 bits per heavy atom. The van der Waals surface area contributed by atoms with Crippen molar-refractivity contribution in [3.8, 4) is 11.5 Å². The van der Waals surface area contributed by atoms with Crippen molar-refractivity contribution in [2.45, 2.75) is 19.5 Å². The Morgan fingerprint density at radius 2 is 1.73 bits per heavy atom. The van der Waals surface area contributed by atoms with Crippen LogP contribution in [0.25, 0.3) is 0 Å². The van der Waals surface area contributed by atoms with Crippen molar-refractivity contribution >= 4 is 23.2 Å². The number of halogens is 1. The molecule has 0 bridgehead atoms. The van der Waals surface area contributed by atoms with E-state index in [0.29, 0.717) is 28.3 Å². The van der Waals surface area contributed by atoms with E-state index in [0.717, 1.165) is 12.1 Å². The third kappa shape index (κ3) is 5.99. The van der Waals surface area contributed by atoms with E-state index in [9.17, 15) is 4.79 Å². The minimum absolute atomic E-state index is 0.165. The number of methoxy groups -OCH3 is 1. The maximum absolute atomic E-state index is 12.2. The summed E-state index contributed by atoms with van der Waals surface area (Å²) in [5.74, 6) is 0.599. The smallest absolute Gasteiger partial charge is 0.262 e. The summed E-state index contributed by atoms with van der Waals surface area (Å²) in [6.07, 6.45) is 0. The van der Waals surface area contributed by atoms with Gasteiger partial charge in [0.2, 0.25) is 0 Å². The van der Waals surface area contributed by atoms with E-state index < -0.39 is 0 Å². The standard InChI is InChI=1S/C24H25ClN2O3/c1-17(19-9-5-3-6-10-19)26-15-18-13-21(25)24(22(14-18)29-2)30-16-23(28)27-20-11-7-4-8-12-20/h3-14,17,26H,15-16H2,1-2H3,(H,27,28)/p+1/t17-/m1/s1. The van der Waals surface area contributed by atoms with Crippen molar-refractivity contribution in [3.05, 3.63) is 88.9 Å². The van der Waals surface area contributed by atoms with Crippen LogP contribution in [0.1, 0.15) is 24.1 Å². The second-order valence-electron chi connectivity index (χ2n) is 6.95. The average molecular weight is 426 g/mol. The molecule has 5 nitrogen and oxygen atoms in total. The van der Waals surface area contributed by atoms with Crippen LogP contribution in [0.5, 0.6) is 11.5 Å². The summed E-state index contributed by atoms with van der Waals surface area (Å²) in [6.45, 7) is 2.74. The molecular weight excluding hydrogens is 400 g/mol. The lowest BCUT2D eigenvalue weighted by Crippen LogP contribution is -2.83. The molecule has 1 amide bonds. The van der Waals surface area contributed by atoms with E-state index in [-0.39, 0.29) is 12.5 Å². The van der Waals surface area contributed by atoms with E-state index in [1.54, 1.807) is 7.11 Å². The van der Waals surface area contributed by atoms with Gasteiger partial charge in [-0.05, 0) is 31.2 Å². The number of benzene rings is 3. The minimum Gasteiger partial charge on any atom is -0.493 e. The highest BCUT2D eigenvalue weighted by Crippen LogP contribution is 2.36. The van der Waals surface area contributed by atoms with Crippen molar-refractivity contribution in [1.82, 2.24) is 0 Å². The number of anilines is 1. The molecule has 0 saturated carbocycles. The fourth-order valence-corrected chi connectivity index (χ4v) is 3.38. The van der Waals surface area contributed by atoms with Gasteiger partial charge in [-0.15, -0.1) is 0 Å². The highest BCUT2D eigenvalue weighted by atomic mass is 35.5. The molecule has 0 aliphatic carbocycles. The van der Waals surface area contributed by atoms with E-state index in [1.807, 2.05) is 60.7 Å². The number of amides is 1. The maximum Gasteiger partial charge on any atom is 0.262 e. The summed E-state index contributed by atoms with van der Waals surface area (Å²) in [5.41, 5.74) is 2.99. The molecule has 0 saturated heterocycles. The van der Waals surface area contributed by atoms with E-state index in [4.69, 9.17) is 21.1 Å². The van der Waals surface area contributed by atoms with Crippen LogP contribution in [-0.2, 0) is 11.3 Å². The number of rotatable bonds is 9. The molecule has 30 heavy (non-hydrogen) atoms. The van der Waals surface area contributed by atoms with Crippen LogP contribution in [0, 0.1) is 0 Å². The van der Waals surface area contributed by atoms with Gasteiger partial charge in [-0.1, -0.05) is 60.1 Å². The zero-order chi connectivity index (χ0) is 21.3. The molecular formula is C24H26ClN2O3+. The largest absolute Gasteiger partial charge is 0.493 e. The number of para-hydroxylation sites is 1. The van der Waals surface area contributed by atoms with Crippen LogP contribution >= 0.6 is 11.6 Å². The topological polar surface area (TPSA) is 64.2 Å². The van der Waals surface area contributed by atoms with Crippen molar-refractivity contribution in [3.63, 3.8) is 0 Å². The van der Waals surface area contributed by atoms with Gasteiger partial charge in [0.25, 0.3) is 5.91 Å². The van der Waals surface area contributed by atoms with Gasteiger partial charge >= 0.3 is 0 Å². The van der Waals surface area contributed by atoms with Crippen molar-refractivity contribution in [1.29, 1.82) is 0 Å². The van der Waals surface area contributed by atoms with Gasteiger partial charge < -0.3 is 20.1 Å². The van der Waals surface area contributed by atoms with Crippen LogP contribution in [0.15, 0.2) is 72.8 Å². The van der Waals surface area contributed by atoms with Gasteiger partial charge in [0.15, 0.2) is 18.1 Å². The maximum atomic E-state index is 12.2. The first-order chi connectivity index (χ1) is 14.6. The van der Waals surface area contributed by atoms with Crippen molar-refractivity contribution < 1.29 is 19.6 Å². The molecule has 156 valence electrons. The molecule has 0 aromatic heterocycles. The Hall–Kier alpha value is -3.02. The van der Waals surface area contributed by atoms with Crippen molar-refractivity contribution in [2.75, 3.05) is 19.0 Å². The molecule has 0 unspecified atom stereocenters. The number of carbonyl (C=O) groups excluding carboxylic acids is 1. The third-order valence-electron chi connectivity index (χ3n) is 4.73. The summed E-state index contributed by atoms with van der Waals surface area (Å²) >= 11 is 6.44. The lowest BCUT2D eigenvalue weighted by Gasteiger charge is -2.15. The van der Waals surface area contributed by atoms with Gasteiger partial charge in [0.1, 0.15) is 12.6 Å². The summed E-state index contributed by atoms with van der Waals surface area (Å²) in [4.78, 5) is 12.2. The van der Waals surface area contributed by atoms with Crippen LogP contribution in [0.4, 0.5) is 5.69 Å². The Bertz CT molecular complexity index is 965. The fourth-order valence-electron chi connectivity index (χ4n) is 3.09. The molecule has 0 fully saturated rings. The van der Waals surface area contributed by atoms with E-state index in [1.165, 1.54) is 5.56 Å². The SMILES string of the molecule is COc1cc(C[NH2+][C@H](C)c2ccccc2)cc(Cl)c1OCC(=O)Nc1ccccc1. The molecule has 3 aromatic carbocycles. The second kappa shape index (κ2) is 10.7. The normalized spacial score (nSPS) is 11.6. The fraction of sp³-hybridized carbons (Fsp3) is 0.208. The Balaban J connectivity index is 1.61. The lowest BCUT2D eigenvalue weighted by atomic mass is 10.1. The Morgan fingerprint density at radius 3 is 2.40 bits per heavy atom. The number of hydrogen-bond donors (Lipinski definition) is 2. The summed E-state index contributed by atoms with van der Waals surface area (Å²) in [7, 11) is 1.56. The van der Waals surface area contributed by atoms with Crippen LogP contribution in [0.2, 0.25) is 5.02 Å². The molecule has 0 aliphatic heterocycles. The summed E-state index contributed by atoms with van der Waals surface area (Å²) in [5, 5.41) is 5.42. The number of carbonyl (C=O) groups is 1. The number of hydrogen-bond acceptors (Lipinski definition) is 3. The first kappa shape index (κ1) is 21.7. The zero-order valence-corrected chi connectivity index (χ0v) is 17.9. The van der Waals surface area contributed by atoms with Gasteiger partial charge in [0.05, 0.1) is 12.1 Å². The summed E-state index contributed by atoms with van der Waals surface area (Å²) < 4.78 is 11.1. The monoisotopic (exact) mass is 425 g/mol. The first-order valence-electron chi connectivity index (χ1n) is 9.79. The van der Waals surface area contributed by atoms with Crippen LogP contribution < -0.4 is 20.1 Å². The molecule has 3 rings (SSSR count). The molecule has 6 heteroatoms. The molecule has 1 atom stereocenters. The minimum atomic E-state index is -0.270. The number of ether oxygens (including phenoxy) is 2. The van der Waals surface area contributed by atoms with Crippen LogP contribution in [0.3, 0.4) is 0 Å².